The second-order valence-corrected chi connectivity index (χ2v) is 10.4. The molecule has 0 aliphatic carbocycles. The van der Waals surface area contributed by atoms with Gasteiger partial charge < -0.3 is 19.2 Å². The lowest BCUT2D eigenvalue weighted by Gasteiger charge is -2.16. The number of nitrogens with one attached hydrogen (secondary N) is 1. The van der Waals surface area contributed by atoms with E-state index in [4.69, 9.17) is 9.47 Å². The van der Waals surface area contributed by atoms with E-state index in [0.29, 0.717) is 21.9 Å². The van der Waals surface area contributed by atoms with Gasteiger partial charge in [0.25, 0.3) is 0 Å². The molecule has 0 spiro atoms. The fourth-order valence-electron chi connectivity index (χ4n) is 4.63. The molecular formula is C29H41F2N3O3S. The summed E-state index contributed by atoms with van der Waals surface area (Å²) in [5.74, 6) is 2.14. The van der Waals surface area contributed by atoms with Gasteiger partial charge in [-0.3, -0.25) is 4.98 Å². The van der Waals surface area contributed by atoms with E-state index in [2.05, 4.69) is 26.6 Å². The summed E-state index contributed by atoms with van der Waals surface area (Å²) in [7, 11) is 3.33. The Labute approximate surface area is 229 Å². The van der Waals surface area contributed by atoms with Crippen molar-refractivity contribution in [3.05, 3.63) is 35.7 Å². The number of fused-ring (bicyclic) bond motifs is 1. The molecule has 2 aromatic heterocycles. The normalized spacial score (nSPS) is 11.4. The first-order valence-corrected chi connectivity index (χ1v) is 14.7. The summed E-state index contributed by atoms with van der Waals surface area (Å²) in [6.45, 7) is -0.605. The van der Waals surface area contributed by atoms with Crippen LogP contribution in [0.3, 0.4) is 0 Å². The van der Waals surface area contributed by atoms with Gasteiger partial charge in [0, 0.05) is 17.4 Å². The quantitative estimate of drug-likeness (QED) is 0.119. The van der Waals surface area contributed by atoms with E-state index < -0.39 is 6.61 Å². The number of pyridine rings is 1. The third-order valence-corrected chi connectivity index (χ3v) is 7.51. The molecular weight excluding hydrogens is 508 g/mol. The number of benzene rings is 1. The highest BCUT2D eigenvalue weighted by atomic mass is 32.2. The minimum Gasteiger partial charge on any atom is -0.495 e. The van der Waals surface area contributed by atoms with Gasteiger partial charge in [-0.25, -0.2) is 4.98 Å². The number of hydrogen-bond acceptors (Lipinski definition) is 6. The van der Waals surface area contributed by atoms with Crippen molar-refractivity contribution >= 4 is 22.8 Å². The molecule has 6 nitrogen and oxygen atoms in total. The Bertz CT molecular complexity index is 1110. The van der Waals surface area contributed by atoms with Crippen LogP contribution in [0.15, 0.2) is 29.6 Å². The van der Waals surface area contributed by atoms with Crippen LogP contribution in [0.5, 0.6) is 17.2 Å². The molecule has 9 heteroatoms. The number of ether oxygens (including phenoxy) is 3. The number of halogens is 2. The fraction of sp³-hybridized carbons (Fsp3) is 0.586. The molecule has 3 aromatic rings. The predicted octanol–water partition coefficient (Wildman–Crippen LogP) is 8.72. The number of nitrogens with zero attached hydrogens (tertiary/aromatic N) is 2. The Morgan fingerprint density at radius 3 is 2.24 bits per heavy atom. The summed E-state index contributed by atoms with van der Waals surface area (Å²) in [6.07, 6.45) is 16.9. The molecule has 0 saturated carbocycles. The average molecular weight is 550 g/mol. The van der Waals surface area contributed by atoms with E-state index in [1.165, 1.54) is 88.1 Å². The molecule has 1 aromatic carbocycles. The summed E-state index contributed by atoms with van der Waals surface area (Å²) in [6, 6.07) is 4.67. The van der Waals surface area contributed by atoms with E-state index >= 15 is 0 Å². The first-order valence-electron chi connectivity index (χ1n) is 13.7. The lowest BCUT2D eigenvalue weighted by Crippen LogP contribution is -2.03. The van der Waals surface area contributed by atoms with Crippen LogP contribution in [-0.4, -0.2) is 35.8 Å². The van der Waals surface area contributed by atoms with Gasteiger partial charge in [-0.05, 0) is 25.0 Å². The summed E-state index contributed by atoms with van der Waals surface area (Å²) >= 11 is 1.48. The zero-order valence-electron chi connectivity index (χ0n) is 22.9. The predicted molar refractivity (Wildman–Crippen MR) is 150 cm³/mol. The second kappa shape index (κ2) is 16.4. The third-order valence-electron chi connectivity index (χ3n) is 6.63. The molecule has 0 saturated heterocycles. The third kappa shape index (κ3) is 9.33. The Hall–Kier alpha value is -2.55. The minimum absolute atomic E-state index is 0.0956. The van der Waals surface area contributed by atoms with E-state index in [1.807, 2.05) is 0 Å². The van der Waals surface area contributed by atoms with Gasteiger partial charge in [0.15, 0.2) is 5.16 Å². The van der Waals surface area contributed by atoms with Gasteiger partial charge in [0.1, 0.15) is 17.2 Å². The van der Waals surface area contributed by atoms with Crippen LogP contribution in [-0.2, 0) is 12.2 Å². The number of imidazole rings is 1. The highest BCUT2D eigenvalue weighted by Gasteiger charge is 2.17. The van der Waals surface area contributed by atoms with Gasteiger partial charge in [0.05, 0.1) is 37.1 Å². The Morgan fingerprint density at radius 1 is 0.921 bits per heavy atom. The van der Waals surface area contributed by atoms with Crippen LogP contribution in [0.25, 0.3) is 11.0 Å². The number of rotatable bonds is 19. The van der Waals surface area contributed by atoms with Gasteiger partial charge in [-0.2, -0.15) is 8.78 Å². The van der Waals surface area contributed by atoms with Crippen LogP contribution < -0.4 is 14.2 Å². The van der Waals surface area contributed by atoms with Crippen LogP contribution in [0.4, 0.5) is 8.78 Å². The van der Waals surface area contributed by atoms with E-state index in [0.717, 1.165) is 35.6 Å². The number of unbranched alkanes of at least 4 members (excludes halogenated alkanes) is 10. The molecule has 38 heavy (non-hydrogen) atoms. The molecule has 0 radical (unpaired) electrons. The smallest absolute Gasteiger partial charge is 0.387 e. The number of H-pyrrole nitrogens is 1. The number of thioether (sulfide) groups is 1. The molecule has 0 aliphatic rings. The maximum Gasteiger partial charge on any atom is 0.387 e. The van der Waals surface area contributed by atoms with E-state index in [-0.39, 0.29) is 5.75 Å². The summed E-state index contributed by atoms with van der Waals surface area (Å²) in [5, 5.41) is 0.667. The van der Waals surface area contributed by atoms with Crippen molar-refractivity contribution < 1.29 is 23.0 Å². The van der Waals surface area contributed by atoms with Crippen molar-refractivity contribution in [2.24, 2.45) is 0 Å². The maximum atomic E-state index is 12.5. The molecule has 0 unspecified atom stereocenters. The first-order chi connectivity index (χ1) is 18.5. The monoisotopic (exact) mass is 549 g/mol. The maximum absolute atomic E-state index is 12.5. The molecule has 1 N–H and O–H groups in total. The minimum atomic E-state index is -2.86. The number of aromatic nitrogens is 3. The Balaban J connectivity index is 1.52. The Kier molecular flexibility index (Phi) is 13.0. The average Bonchev–Trinajstić information content (AvgIpc) is 3.32. The van der Waals surface area contributed by atoms with Gasteiger partial charge in [0.2, 0.25) is 0 Å². The largest absolute Gasteiger partial charge is 0.495 e. The van der Waals surface area contributed by atoms with Crippen LogP contribution >= 0.6 is 11.8 Å². The van der Waals surface area contributed by atoms with Crippen molar-refractivity contribution in [1.82, 2.24) is 15.0 Å². The van der Waals surface area contributed by atoms with E-state index in [9.17, 15) is 8.78 Å². The number of alkyl halides is 2. The van der Waals surface area contributed by atoms with Crippen molar-refractivity contribution in [2.45, 2.75) is 101 Å². The van der Waals surface area contributed by atoms with Crippen LogP contribution in [0.2, 0.25) is 0 Å². The first kappa shape index (κ1) is 30.0. The molecule has 210 valence electrons. The van der Waals surface area contributed by atoms with Crippen molar-refractivity contribution in [3.63, 3.8) is 0 Å². The van der Waals surface area contributed by atoms with Gasteiger partial charge in [-0.1, -0.05) is 82.9 Å². The number of methoxy groups -OCH3 is 2. The second-order valence-electron chi connectivity index (χ2n) is 9.46. The summed E-state index contributed by atoms with van der Waals surface area (Å²) < 4.78 is 40.9. The van der Waals surface area contributed by atoms with Crippen molar-refractivity contribution in [2.75, 3.05) is 14.2 Å². The zero-order valence-corrected chi connectivity index (χ0v) is 23.7. The van der Waals surface area contributed by atoms with Crippen molar-refractivity contribution in [3.8, 4) is 17.2 Å². The molecule has 0 amide bonds. The summed E-state index contributed by atoms with van der Waals surface area (Å²) in [4.78, 5) is 12.3. The molecule has 0 fully saturated rings. The lowest BCUT2D eigenvalue weighted by molar-refractivity contribution is -0.0497. The highest BCUT2D eigenvalue weighted by Crippen LogP contribution is 2.35. The lowest BCUT2D eigenvalue weighted by atomic mass is 10.0. The van der Waals surface area contributed by atoms with Crippen LogP contribution in [0, 0.1) is 0 Å². The molecule has 0 bridgehead atoms. The zero-order chi connectivity index (χ0) is 27.2. The highest BCUT2D eigenvalue weighted by molar-refractivity contribution is 7.98. The van der Waals surface area contributed by atoms with Crippen LogP contribution in [0.1, 0.15) is 88.8 Å². The number of hydrogen-bond donors (Lipinski definition) is 1. The van der Waals surface area contributed by atoms with E-state index in [1.54, 1.807) is 26.5 Å². The topological polar surface area (TPSA) is 69.3 Å². The SMILES string of the molecule is CCCCCCCCCCCCCc1c(OC)cnc(CSc2nc3ccc(OC(F)F)cc3[nH]2)c1OC. The standard InChI is InChI=1S/C29H41F2N3O3S/c1-4-5-6-7-8-9-10-11-12-13-14-15-22-26(35-2)19-32-25(27(22)36-3)20-38-29-33-23-17-16-21(37-28(30)31)18-24(23)34-29/h16-19,28H,4-15,20H2,1-3H3,(H,33,34). The van der Waals surface area contributed by atoms with Gasteiger partial charge >= 0.3 is 6.61 Å². The molecule has 0 aliphatic heterocycles. The number of aromatic amines is 1. The fourth-order valence-corrected chi connectivity index (χ4v) is 5.45. The summed E-state index contributed by atoms with van der Waals surface area (Å²) in [5.41, 5.74) is 3.19. The molecule has 2 heterocycles. The van der Waals surface area contributed by atoms with Gasteiger partial charge in [-0.15, -0.1) is 0 Å². The van der Waals surface area contributed by atoms with Crippen molar-refractivity contribution in [1.29, 1.82) is 0 Å². The molecule has 0 atom stereocenters. The molecule has 3 rings (SSSR count). The Morgan fingerprint density at radius 2 is 1.61 bits per heavy atom.